The molecule has 0 aliphatic heterocycles. The fourth-order valence-corrected chi connectivity index (χ4v) is 5.55. The summed E-state index contributed by atoms with van der Waals surface area (Å²) in [6, 6.07) is 0. The Morgan fingerprint density at radius 2 is 0.579 bits per heavy atom. The summed E-state index contributed by atoms with van der Waals surface area (Å²) in [7, 11) is 0. The topological polar surface area (TPSA) is 26.3 Å². The lowest BCUT2D eigenvalue weighted by molar-refractivity contribution is -0.143. The monoisotopic (exact) mass is 537 g/mol. The minimum atomic E-state index is 0.0266. The standard InChI is InChI=1S/C36H72O2/c1-3-5-7-9-11-13-15-16-17-18-19-20-21-22-23-24-25-26-28-30-32-34-36(37)38-35-33-31-29-27-14-12-10-8-6-4-2/h3-35H2,1-2H3. The molecule has 0 fully saturated rings. The van der Waals surface area contributed by atoms with E-state index in [0.29, 0.717) is 13.0 Å². The molecule has 0 spiro atoms. The van der Waals surface area contributed by atoms with E-state index in [9.17, 15) is 4.79 Å². The fraction of sp³-hybridized carbons (Fsp3) is 0.972. The Bertz CT molecular complexity index is 433. The van der Waals surface area contributed by atoms with Gasteiger partial charge in [-0.1, -0.05) is 200 Å². The van der Waals surface area contributed by atoms with Crippen molar-refractivity contribution in [1.82, 2.24) is 0 Å². The fourth-order valence-electron chi connectivity index (χ4n) is 5.55. The highest BCUT2D eigenvalue weighted by Gasteiger charge is 2.03. The summed E-state index contributed by atoms with van der Waals surface area (Å²) in [6.45, 7) is 5.20. The Labute approximate surface area is 241 Å². The van der Waals surface area contributed by atoms with Crippen LogP contribution in [0, 0.1) is 0 Å². The molecule has 0 heterocycles. The summed E-state index contributed by atoms with van der Waals surface area (Å²) >= 11 is 0. The van der Waals surface area contributed by atoms with Gasteiger partial charge in [-0.2, -0.15) is 0 Å². The first kappa shape index (κ1) is 37.5. The predicted octanol–water partition coefficient (Wildman–Crippen LogP) is 13.1. The van der Waals surface area contributed by atoms with Crippen LogP contribution in [0.5, 0.6) is 0 Å². The highest BCUT2D eigenvalue weighted by Crippen LogP contribution is 2.15. The molecule has 0 bridgehead atoms. The molecule has 0 aliphatic rings. The van der Waals surface area contributed by atoms with Gasteiger partial charge >= 0.3 is 5.97 Å². The molecule has 0 atom stereocenters. The molecule has 0 rings (SSSR count). The van der Waals surface area contributed by atoms with Crippen LogP contribution in [-0.2, 0) is 9.53 Å². The largest absolute Gasteiger partial charge is 0.466 e. The number of esters is 1. The van der Waals surface area contributed by atoms with E-state index >= 15 is 0 Å². The zero-order valence-corrected chi connectivity index (χ0v) is 26.7. The van der Waals surface area contributed by atoms with E-state index < -0.39 is 0 Å². The zero-order chi connectivity index (χ0) is 27.6. The Morgan fingerprint density at radius 1 is 0.342 bits per heavy atom. The van der Waals surface area contributed by atoms with Gasteiger partial charge in [0.1, 0.15) is 0 Å². The van der Waals surface area contributed by atoms with Gasteiger partial charge in [0.15, 0.2) is 0 Å². The molecule has 0 amide bonds. The molecular weight excluding hydrogens is 464 g/mol. The van der Waals surface area contributed by atoms with Gasteiger partial charge < -0.3 is 4.74 Å². The van der Waals surface area contributed by atoms with Crippen molar-refractivity contribution in [2.75, 3.05) is 6.61 Å². The smallest absolute Gasteiger partial charge is 0.305 e. The van der Waals surface area contributed by atoms with Gasteiger partial charge in [0, 0.05) is 6.42 Å². The lowest BCUT2D eigenvalue weighted by Crippen LogP contribution is -2.05. The van der Waals surface area contributed by atoms with Crippen molar-refractivity contribution in [3.05, 3.63) is 0 Å². The molecular formula is C36H72O2. The summed E-state index contributed by atoms with van der Waals surface area (Å²) in [5.74, 6) is 0.0266. The Morgan fingerprint density at radius 3 is 0.868 bits per heavy atom. The number of carbonyl (C=O) groups is 1. The number of hydrogen-bond donors (Lipinski definition) is 0. The van der Waals surface area contributed by atoms with Gasteiger partial charge in [-0.25, -0.2) is 0 Å². The van der Waals surface area contributed by atoms with Gasteiger partial charge in [0.2, 0.25) is 0 Å². The highest BCUT2D eigenvalue weighted by atomic mass is 16.5. The lowest BCUT2D eigenvalue weighted by atomic mass is 10.0. The number of rotatable bonds is 33. The summed E-state index contributed by atoms with van der Waals surface area (Å²) < 4.78 is 5.42. The third-order valence-electron chi connectivity index (χ3n) is 8.25. The molecule has 0 saturated heterocycles. The SMILES string of the molecule is CCCCCCCCCCCCCCCCCCCCCCCC(=O)OCCCCCCCCCCCC. The van der Waals surface area contributed by atoms with Crippen LogP contribution in [-0.4, -0.2) is 12.6 Å². The molecule has 0 unspecified atom stereocenters. The second kappa shape index (κ2) is 34.5. The first-order valence-electron chi connectivity index (χ1n) is 18.0. The van der Waals surface area contributed by atoms with Crippen molar-refractivity contribution in [3.63, 3.8) is 0 Å². The van der Waals surface area contributed by atoms with E-state index in [4.69, 9.17) is 4.74 Å². The van der Waals surface area contributed by atoms with Crippen molar-refractivity contribution in [3.8, 4) is 0 Å². The molecule has 0 radical (unpaired) electrons. The van der Waals surface area contributed by atoms with E-state index in [2.05, 4.69) is 13.8 Å². The molecule has 2 heteroatoms. The number of carbonyl (C=O) groups excluding carboxylic acids is 1. The van der Waals surface area contributed by atoms with Crippen LogP contribution in [0.2, 0.25) is 0 Å². The van der Waals surface area contributed by atoms with Crippen LogP contribution >= 0.6 is 0 Å². The van der Waals surface area contributed by atoms with Crippen molar-refractivity contribution >= 4 is 5.97 Å². The molecule has 0 aliphatic carbocycles. The van der Waals surface area contributed by atoms with E-state index in [-0.39, 0.29) is 5.97 Å². The van der Waals surface area contributed by atoms with Gasteiger partial charge in [-0.05, 0) is 12.8 Å². The van der Waals surface area contributed by atoms with Crippen molar-refractivity contribution in [2.24, 2.45) is 0 Å². The quantitative estimate of drug-likeness (QED) is 0.0615. The second-order valence-electron chi connectivity index (χ2n) is 12.2. The second-order valence-corrected chi connectivity index (χ2v) is 12.2. The minimum Gasteiger partial charge on any atom is -0.466 e. The van der Waals surface area contributed by atoms with Gasteiger partial charge in [0.05, 0.1) is 6.61 Å². The van der Waals surface area contributed by atoms with Gasteiger partial charge in [-0.15, -0.1) is 0 Å². The highest BCUT2D eigenvalue weighted by molar-refractivity contribution is 5.69. The van der Waals surface area contributed by atoms with Crippen molar-refractivity contribution in [1.29, 1.82) is 0 Å². The van der Waals surface area contributed by atoms with Crippen molar-refractivity contribution in [2.45, 2.75) is 219 Å². The number of hydrogen-bond acceptors (Lipinski definition) is 2. The minimum absolute atomic E-state index is 0.0266. The predicted molar refractivity (Wildman–Crippen MR) is 170 cm³/mol. The normalized spacial score (nSPS) is 11.3. The average Bonchev–Trinajstić information content (AvgIpc) is 2.92. The van der Waals surface area contributed by atoms with Crippen LogP contribution in [0.25, 0.3) is 0 Å². The van der Waals surface area contributed by atoms with Crippen LogP contribution < -0.4 is 0 Å². The maximum absolute atomic E-state index is 11.9. The third-order valence-corrected chi connectivity index (χ3v) is 8.25. The number of unbranched alkanes of at least 4 members (excludes halogenated alkanes) is 29. The van der Waals surface area contributed by atoms with Gasteiger partial charge in [0.25, 0.3) is 0 Å². The van der Waals surface area contributed by atoms with E-state index in [1.807, 2.05) is 0 Å². The van der Waals surface area contributed by atoms with Crippen molar-refractivity contribution < 1.29 is 9.53 Å². The van der Waals surface area contributed by atoms with Crippen LogP contribution in [0.1, 0.15) is 219 Å². The summed E-state index contributed by atoms with van der Waals surface area (Å²) in [4.78, 5) is 11.9. The summed E-state index contributed by atoms with van der Waals surface area (Å²) in [6.07, 6.45) is 43.1. The molecule has 2 nitrogen and oxygen atoms in total. The van der Waals surface area contributed by atoms with Crippen LogP contribution in [0.3, 0.4) is 0 Å². The Kier molecular flexibility index (Phi) is 34.0. The first-order valence-corrected chi connectivity index (χ1v) is 18.0. The van der Waals surface area contributed by atoms with E-state index in [0.717, 1.165) is 12.8 Å². The van der Waals surface area contributed by atoms with E-state index in [1.54, 1.807) is 0 Å². The van der Waals surface area contributed by atoms with Gasteiger partial charge in [-0.3, -0.25) is 4.79 Å². The zero-order valence-electron chi connectivity index (χ0n) is 26.7. The number of ether oxygens (including phenoxy) is 1. The molecule has 38 heavy (non-hydrogen) atoms. The Hall–Kier alpha value is -0.530. The molecule has 0 aromatic rings. The Balaban J connectivity index is 3.12. The van der Waals surface area contributed by atoms with Crippen LogP contribution in [0.15, 0.2) is 0 Å². The first-order chi connectivity index (χ1) is 18.8. The molecule has 228 valence electrons. The maximum Gasteiger partial charge on any atom is 0.305 e. The van der Waals surface area contributed by atoms with E-state index in [1.165, 1.54) is 186 Å². The van der Waals surface area contributed by atoms with Crippen LogP contribution in [0.4, 0.5) is 0 Å². The summed E-state index contributed by atoms with van der Waals surface area (Å²) in [5, 5.41) is 0. The maximum atomic E-state index is 11.9. The average molecular weight is 537 g/mol. The third kappa shape index (κ3) is 33.5. The molecule has 0 aromatic carbocycles. The lowest BCUT2D eigenvalue weighted by Gasteiger charge is -2.06. The molecule has 0 aromatic heterocycles. The molecule has 0 saturated carbocycles. The molecule has 0 N–H and O–H groups in total. The summed E-state index contributed by atoms with van der Waals surface area (Å²) in [5.41, 5.74) is 0.